The van der Waals surface area contributed by atoms with Crippen molar-refractivity contribution in [3.05, 3.63) is 42.0 Å². The highest BCUT2D eigenvalue weighted by atomic mass is 16.5. The first-order valence-corrected chi connectivity index (χ1v) is 12.7. The van der Waals surface area contributed by atoms with Crippen LogP contribution in [0.2, 0.25) is 0 Å². The lowest BCUT2D eigenvalue weighted by Gasteiger charge is -2.58. The molecule has 34 heavy (non-hydrogen) atoms. The molecule has 1 atom stereocenters. The number of carboxylic acids is 1. The Kier molecular flexibility index (Phi) is 5.28. The topological polar surface area (TPSA) is 75.6 Å². The lowest BCUT2D eigenvalue weighted by Crippen LogP contribution is -2.59. The minimum atomic E-state index is -0.922. The van der Waals surface area contributed by atoms with Crippen LogP contribution in [-0.2, 0) is 4.79 Å². The van der Waals surface area contributed by atoms with Crippen LogP contribution in [0, 0.1) is 40.9 Å². The number of fused-ring (bicyclic) bond motifs is 1. The van der Waals surface area contributed by atoms with E-state index in [0.717, 1.165) is 42.9 Å². The minimum Gasteiger partial charge on any atom is -0.480 e. The van der Waals surface area contributed by atoms with E-state index in [1.54, 1.807) is 6.07 Å². The molecule has 2 aromatic carbocycles. The number of aliphatic carboxylic acids is 1. The standard InChI is InChI=1S/C29H31NO4/c31-27(30-26(28(32)33)29-15-19-12-20(16-29)14-21(13-19)17-29)24-10-9-22-5-1-2-6-23(22)25(24)34-11-3-4-18-7-8-18/h1-2,5-6,9-10,18-21,26H,7-8,11-17H2,(H,30,31)(H,32,33)/t19?,20?,21?,26-,29?/m1/s1. The predicted octanol–water partition coefficient (Wildman–Crippen LogP) is 5.03. The van der Waals surface area contributed by atoms with Crippen LogP contribution in [0.1, 0.15) is 61.7 Å². The van der Waals surface area contributed by atoms with Crippen molar-refractivity contribution >= 4 is 22.6 Å². The van der Waals surface area contributed by atoms with E-state index in [1.807, 2.05) is 30.3 Å². The molecule has 5 nitrogen and oxygen atoms in total. The summed E-state index contributed by atoms with van der Waals surface area (Å²) < 4.78 is 6.06. The molecule has 0 heterocycles. The van der Waals surface area contributed by atoms with Gasteiger partial charge < -0.3 is 15.2 Å². The molecule has 5 saturated carbocycles. The lowest BCUT2D eigenvalue weighted by molar-refractivity contribution is -0.150. The van der Waals surface area contributed by atoms with Gasteiger partial charge in [0.05, 0.1) is 5.56 Å². The van der Waals surface area contributed by atoms with Gasteiger partial charge in [0.2, 0.25) is 0 Å². The highest BCUT2D eigenvalue weighted by molar-refractivity contribution is 6.05. The van der Waals surface area contributed by atoms with Crippen molar-refractivity contribution in [2.24, 2.45) is 29.1 Å². The lowest BCUT2D eigenvalue weighted by atomic mass is 9.47. The number of rotatable bonds is 6. The number of hydrogen-bond donors (Lipinski definition) is 2. The number of hydrogen-bond acceptors (Lipinski definition) is 3. The van der Waals surface area contributed by atoms with Crippen LogP contribution in [0.15, 0.2) is 36.4 Å². The van der Waals surface area contributed by atoms with Crippen LogP contribution in [0.25, 0.3) is 10.8 Å². The zero-order valence-corrected chi connectivity index (χ0v) is 19.4. The van der Waals surface area contributed by atoms with Gasteiger partial charge >= 0.3 is 5.97 Å². The Labute approximate surface area is 200 Å². The second-order valence-corrected chi connectivity index (χ2v) is 11.1. The van der Waals surface area contributed by atoms with Gasteiger partial charge in [-0.1, -0.05) is 42.2 Å². The first-order valence-electron chi connectivity index (χ1n) is 12.7. The average molecular weight is 458 g/mol. The van der Waals surface area contributed by atoms with Crippen molar-refractivity contribution in [1.82, 2.24) is 5.32 Å². The molecule has 0 saturated heterocycles. The maximum absolute atomic E-state index is 13.6. The summed E-state index contributed by atoms with van der Waals surface area (Å²) in [5.74, 6) is 7.75. The van der Waals surface area contributed by atoms with Gasteiger partial charge in [0.1, 0.15) is 18.4 Å². The van der Waals surface area contributed by atoms with Crippen LogP contribution in [0.3, 0.4) is 0 Å². The molecule has 0 aliphatic heterocycles. The fourth-order valence-electron chi connectivity index (χ4n) is 7.32. The summed E-state index contributed by atoms with van der Waals surface area (Å²) in [5.41, 5.74) is 0.0482. The minimum absolute atomic E-state index is 0.210. The summed E-state index contributed by atoms with van der Waals surface area (Å²) in [5, 5.41) is 15.0. The van der Waals surface area contributed by atoms with Crippen LogP contribution in [0.4, 0.5) is 0 Å². The summed E-state index contributed by atoms with van der Waals surface area (Å²) in [6.45, 7) is 0.210. The highest BCUT2D eigenvalue weighted by Crippen LogP contribution is 2.61. The number of nitrogens with one attached hydrogen (secondary N) is 1. The second-order valence-electron chi connectivity index (χ2n) is 11.1. The molecule has 5 aliphatic carbocycles. The number of ether oxygens (including phenoxy) is 1. The largest absolute Gasteiger partial charge is 0.480 e. The second kappa shape index (κ2) is 8.34. The number of carboxylic acid groups (broad SMARTS) is 1. The van der Waals surface area contributed by atoms with E-state index in [4.69, 9.17) is 4.74 Å². The van der Waals surface area contributed by atoms with Crippen LogP contribution < -0.4 is 10.1 Å². The van der Waals surface area contributed by atoms with Crippen LogP contribution in [-0.4, -0.2) is 29.6 Å². The maximum Gasteiger partial charge on any atom is 0.326 e. The summed E-state index contributed by atoms with van der Waals surface area (Å²) in [6, 6.07) is 10.6. The summed E-state index contributed by atoms with van der Waals surface area (Å²) in [6.07, 6.45) is 8.71. The number of carbonyl (C=O) groups is 2. The van der Waals surface area contributed by atoms with E-state index in [0.29, 0.717) is 35.0 Å². The Hall–Kier alpha value is -3.00. The Morgan fingerprint density at radius 1 is 1.03 bits per heavy atom. The Bertz CT molecular complexity index is 1170. The Balaban J connectivity index is 1.29. The van der Waals surface area contributed by atoms with Crippen LogP contribution in [0.5, 0.6) is 5.75 Å². The molecule has 7 rings (SSSR count). The molecule has 4 bridgehead atoms. The number of amides is 1. The number of carbonyl (C=O) groups excluding carboxylic acids is 1. The monoisotopic (exact) mass is 457 g/mol. The predicted molar refractivity (Wildman–Crippen MR) is 129 cm³/mol. The van der Waals surface area contributed by atoms with Gasteiger partial charge in [-0.15, -0.1) is 0 Å². The maximum atomic E-state index is 13.6. The SMILES string of the molecule is O=C(N[C@H](C(=O)O)C12CC3CC(CC(C3)C1)C2)c1ccc2ccccc2c1OCC#CC1CC1. The van der Waals surface area contributed by atoms with Gasteiger partial charge in [0, 0.05) is 16.7 Å². The average Bonchev–Trinajstić information content (AvgIpc) is 3.63. The fourth-order valence-corrected chi connectivity index (χ4v) is 7.32. The molecule has 0 radical (unpaired) electrons. The normalized spacial score (nSPS) is 29.8. The molecule has 2 N–H and O–H groups in total. The van der Waals surface area contributed by atoms with E-state index < -0.39 is 12.0 Å². The highest BCUT2D eigenvalue weighted by Gasteiger charge is 2.56. The smallest absolute Gasteiger partial charge is 0.326 e. The molecule has 0 unspecified atom stereocenters. The summed E-state index contributed by atoms with van der Waals surface area (Å²) >= 11 is 0. The van der Waals surface area contributed by atoms with E-state index in [1.165, 1.54) is 19.3 Å². The zero-order valence-electron chi connectivity index (χ0n) is 19.4. The molecular formula is C29H31NO4. The molecule has 2 aromatic rings. The Morgan fingerprint density at radius 2 is 1.71 bits per heavy atom. The summed E-state index contributed by atoms with van der Waals surface area (Å²) in [4.78, 5) is 26.1. The Morgan fingerprint density at radius 3 is 2.35 bits per heavy atom. The van der Waals surface area contributed by atoms with Crippen molar-refractivity contribution in [2.75, 3.05) is 6.61 Å². The van der Waals surface area contributed by atoms with E-state index >= 15 is 0 Å². The third-order valence-electron chi connectivity index (χ3n) is 8.52. The third-order valence-corrected chi connectivity index (χ3v) is 8.52. The first-order chi connectivity index (χ1) is 16.5. The number of benzene rings is 2. The van der Waals surface area contributed by atoms with Crippen molar-refractivity contribution in [3.8, 4) is 17.6 Å². The molecular weight excluding hydrogens is 426 g/mol. The molecule has 5 heteroatoms. The van der Waals surface area contributed by atoms with E-state index in [-0.39, 0.29) is 17.9 Å². The first kappa shape index (κ1) is 21.5. The van der Waals surface area contributed by atoms with Gasteiger partial charge in [0.25, 0.3) is 5.91 Å². The van der Waals surface area contributed by atoms with Crippen molar-refractivity contribution in [3.63, 3.8) is 0 Å². The van der Waals surface area contributed by atoms with E-state index in [9.17, 15) is 14.7 Å². The van der Waals surface area contributed by atoms with Crippen molar-refractivity contribution < 1.29 is 19.4 Å². The van der Waals surface area contributed by atoms with E-state index in [2.05, 4.69) is 17.2 Å². The van der Waals surface area contributed by atoms with Gasteiger partial charge in [0.15, 0.2) is 0 Å². The third kappa shape index (κ3) is 3.94. The van der Waals surface area contributed by atoms with Crippen molar-refractivity contribution in [1.29, 1.82) is 0 Å². The van der Waals surface area contributed by atoms with Gasteiger partial charge in [-0.25, -0.2) is 4.79 Å². The van der Waals surface area contributed by atoms with Crippen LogP contribution >= 0.6 is 0 Å². The fraction of sp³-hybridized carbons (Fsp3) is 0.517. The molecule has 5 aliphatic rings. The van der Waals surface area contributed by atoms with Gasteiger partial charge in [-0.2, -0.15) is 0 Å². The van der Waals surface area contributed by atoms with Crippen molar-refractivity contribution in [2.45, 2.75) is 57.4 Å². The molecule has 0 spiro atoms. The molecule has 176 valence electrons. The molecule has 1 amide bonds. The zero-order chi connectivity index (χ0) is 23.3. The summed E-state index contributed by atoms with van der Waals surface area (Å²) in [7, 11) is 0. The molecule has 5 fully saturated rings. The molecule has 0 aromatic heterocycles. The quantitative estimate of drug-likeness (QED) is 0.597. The van der Waals surface area contributed by atoms with Gasteiger partial charge in [-0.05, 0) is 80.6 Å². The van der Waals surface area contributed by atoms with Gasteiger partial charge in [-0.3, -0.25) is 4.79 Å².